The van der Waals surface area contributed by atoms with E-state index < -0.39 is 0 Å². The molecular formula is C10H12N2O2S. The highest BCUT2D eigenvalue weighted by Gasteiger charge is 2.12. The van der Waals surface area contributed by atoms with E-state index in [1.807, 2.05) is 6.07 Å². The highest BCUT2D eigenvalue weighted by Crippen LogP contribution is 2.30. The first-order valence-electron chi connectivity index (χ1n) is 4.77. The second-order valence-electron chi connectivity index (χ2n) is 3.23. The van der Waals surface area contributed by atoms with Gasteiger partial charge in [-0.2, -0.15) is 0 Å². The van der Waals surface area contributed by atoms with E-state index in [0.717, 1.165) is 11.3 Å². The number of thiophene rings is 1. The van der Waals surface area contributed by atoms with Gasteiger partial charge in [0.15, 0.2) is 0 Å². The summed E-state index contributed by atoms with van der Waals surface area (Å²) in [5.41, 5.74) is 1.25. The molecule has 15 heavy (non-hydrogen) atoms. The Balaban J connectivity index is 2.36. The number of rotatable bonds is 3. The fourth-order valence-corrected chi connectivity index (χ4v) is 2.43. The van der Waals surface area contributed by atoms with E-state index in [2.05, 4.69) is 24.0 Å². The third kappa shape index (κ3) is 1.93. The molecule has 2 aromatic heterocycles. The lowest BCUT2D eigenvalue weighted by Gasteiger charge is -1.88. The van der Waals surface area contributed by atoms with E-state index in [0.29, 0.717) is 5.89 Å². The van der Waals surface area contributed by atoms with E-state index in [1.165, 1.54) is 10.4 Å². The van der Waals surface area contributed by atoms with Crippen LogP contribution in [0.4, 0.5) is 0 Å². The average molecular weight is 224 g/mol. The zero-order chi connectivity index (χ0) is 10.8. The summed E-state index contributed by atoms with van der Waals surface area (Å²) in [7, 11) is 0. The van der Waals surface area contributed by atoms with E-state index in [4.69, 9.17) is 9.52 Å². The number of aliphatic hydroxyl groups is 1. The normalized spacial score (nSPS) is 10.9. The first-order valence-corrected chi connectivity index (χ1v) is 5.59. The maximum atomic E-state index is 8.81. The van der Waals surface area contributed by atoms with Gasteiger partial charge in [0.25, 0.3) is 5.89 Å². The molecular weight excluding hydrogens is 212 g/mol. The van der Waals surface area contributed by atoms with Crippen molar-refractivity contribution in [3.05, 3.63) is 22.4 Å². The molecule has 1 N–H and O–H groups in total. The molecule has 0 fully saturated rings. The highest BCUT2D eigenvalue weighted by atomic mass is 32.1. The fourth-order valence-electron chi connectivity index (χ4n) is 1.39. The third-order valence-corrected chi connectivity index (χ3v) is 3.52. The second-order valence-corrected chi connectivity index (χ2v) is 4.37. The molecule has 0 saturated heterocycles. The van der Waals surface area contributed by atoms with Crippen LogP contribution in [0, 0.1) is 6.92 Å². The summed E-state index contributed by atoms with van der Waals surface area (Å²) in [4.78, 5) is 2.30. The molecule has 2 heterocycles. The molecule has 0 unspecified atom stereocenters. The Bertz CT molecular complexity index is 462. The summed E-state index contributed by atoms with van der Waals surface area (Å²) in [6.07, 6.45) is 1.01. The molecule has 0 aromatic carbocycles. The molecule has 80 valence electrons. The Morgan fingerprint density at radius 1 is 1.47 bits per heavy atom. The predicted octanol–water partition coefficient (Wildman–Crippen LogP) is 2.16. The van der Waals surface area contributed by atoms with Crippen molar-refractivity contribution in [2.45, 2.75) is 26.9 Å². The van der Waals surface area contributed by atoms with Gasteiger partial charge in [-0.3, -0.25) is 0 Å². The minimum absolute atomic E-state index is 0.210. The molecule has 0 atom stereocenters. The van der Waals surface area contributed by atoms with Crippen molar-refractivity contribution in [2.75, 3.05) is 0 Å². The zero-order valence-electron chi connectivity index (χ0n) is 8.65. The molecule has 2 aromatic rings. The summed E-state index contributed by atoms with van der Waals surface area (Å²) in [5.74, 6) is 0.751. The molecule has 0 aliphatic carbocycles. The van der Waals surface area contributed by atoms with Crippen molar-refractivity contribution >= 4 is 11.3 Å². The van der Waals surface area contributed by atoms with Gasteiger partial charge in [0.2, 0.25) is 5.89 Å². The summed E-state index contributed by atoms with van der Waals surface area (Å²) < 4.78 is 5.27. The molecule has 0 saturated carbocycles. The van der Waals surface area contributed by atoms with E-state index in [9.17, 15) is 0 Å². The van der Waals surface area contributed by atoms with Gasteiger partial charge in [0.1, 0.15) is 6.61 Å². The highest BCUT2D eigenvalue weighted by molar-refractivity contribution is 7.15. The van der Waals surface area contributed by atoms with E-state index >= 15 is 0 Å². The predicted molar refractivity (Wildman–Crippen MR) is 57.6 cm³/mol. The van der Waals surface area contributed by atoms with Crippen molar-refractivity contribution in [3.8, 4) is 10.8 Å². The van der Waals surface area contributed by atoms with Crippen LogP contribution in [0.2, 0.25) is 0 Å². The lowest BCUT2D eigenvalue weighted by Crippen LogP contribution is -1.79. The number of aryl methyl sites for hydroxylation is 2. The van der Waals surface area contributed by atoms with Gasteiger partial charge in [-0.25, -0.2) is 0 Å². The van der Waals surface area contributed by atoms with Crippen LogP contribution >= 0.6 is 11.3 Å². The quantitative estimate of drug-likeness (QED) is 0.868. The van der Waals surface area contributed by atoms with E-state index in [1.54, 1.807) is 11.3 Å². The monoisotopic (exact) mass is 224 g/mol. The van der Waals surface area contributed by atoms with Crippen molar-refractivity contribution in [2.24, 2.45) is 0 Å². The Hall–Kier alpha value is -1.20. The van der Waals surface area contributed by atoms with Crippen molar-refractivity contribution < 1.29 is 9.52 Å². The Kier molecular flexibility index (Phi) is 2.83. The molecule has 0 amide bonds. The van der Waals surface area contributed by atoms with Gasteiger partial charge >= 0.3 is 0 Å². The van der Waals surface area contributed by atoms with Crippen LogP contribution < -0.4 is 0 Å². The van der Waals surface area contributed by atoms with Crippen LogP contribution in [0.5, 0.6) is 0 Å². The van der Waals surface area contributed by atoms with Crippen LogP contribution in [0.1, 0.15) is 23.3 Å². The number of nitrogens with zero attached hydrogens (tertiary/aromatic N) is 2. The molecule has 5 heteroatoms. The summed E-state index contributed by atoms with van der Waals surface area (Å²) in [6.45, 7) is 3.98. The van der Waals surface area contributed by atoms with Gasteiger partial charge in [-0.05, 0) is 25.0 Å². The molecule has 0 radical (unpaired) electrons. The fraction of sp³-hybridized carbons (Fsp3) is 0.400. The first kappa shape index (κ1) is 10.3. The summed E-state index contributed by atoms with van der Waals surface area (Å²) in [5, 5.41) is 16.4. The number of hydrogen-bond donors (Lipinski definition) is 1. The van der Waals surface area contributed by atoms with Crippen molar-refractivity contribution in [1.82, 2.24) is 10.2 Å². The minimum Gasteiger partial charge on any atom is -0.417 e. The summed E-state index contributed by atoms with van der Waals surface area (Å²) in [6, 6.07) is 2.04. The second kappa shape index (κ2) is 4.12. The summed E-state index contributed by atoms with van der Waals surface area (Å²) >= 11 is 1.66. The molecule has 0 aliphatic heterocycles. The Labute approximate surface area is 91.6 Å². The maximum Gasteiger partial charge on any atom is 0.257 e. The lowest BCUT2D eigenvalue weighted by atomic mass is 10.2. The van der Waals surface area contributed by atoms with Crippen molar-refractivity contribution in [1.29, 1.82) is 0 Å². The maximum absolute atomic E-state index is 8.81. The van der Waals surface area contributed by atoms with Crippen LogP contribution in [0.3, 0.4) is 0 Å². The van der Waals surface area contributed by atoms with Crippen LogP contribution in [0.15, 0.2) is 10.5 Å². The molecule has 0 aliphatic rings. The zero-order valence-corrected chi connectivity index (χ0v) is 9.47. The average Bonchev–Trinajstić information content (AvgIpc) is 2.83. The van der Waals surface area contributed by atoms with Crippen LogP contribution in [-0.2, 0) is 13.0 Å². The third-order valence-electron chi connectivity index (χ3n) is 2.15. The standard InChI is InChI=1S/C10H12N2O2S/c1-3-7-6(2)4-8(15-7)10-12-11-9(5-13)14-10/h4,13H,3,5H2,1-2H3. The topological polar surface area (TPSA) is 59.2 Å². The molecule has 2 rings (SSSR count). The van der Waals surface area contributed by atoms with Crippen LogP contribution in [-0.4, -0.2) is 15.3 Å². The number of aromatic nitrogens is 2. The number of hydrogen-bond acceptors (Lipinski definition) is 5. The molecule has 0 spiro atoms. The Morgan fingerprint density at radius 2 is 2.27 bits per heavy atom. The lowest BCUT2D eigenvalue weighted by molar-refractivity contribution is 0.241. The van der Waals surface area contributed by atoms with Gasteiger partial charge in [-0.1, -0.05) is 6.92 Å². The number of aliphatic hydroxyl groups excluding tert-OH is 1. The molecule has 0 bridgehead atoms. The SMILES string of the molecule is CCc1sc(-c2nnc(CO)o2)cc1C. The van der Waals surface area contributed by atoms with Gasteiger partial charge in [-0.15, -0.1) is 21.5 Å². The van der Waals surface area contributed by atoms with Gasteiger partial charge in [0, 0.05) is 4.88 Å². The minimum atomic E-state index is -0.210. The van der Waals surface area contributed by atoms with Gasteiger partial charge < -0.3 is 9.52 Å². The van der Waals surface area contributed by atoms with E-state index in [-0.39, 0.29) is 12.5 Å². The van der Waals surface area contributed by atoms with Gasteiger partial charge in [0.05, 0.1) is 4.88 Å². The van der Waals surface area contributed by atoms with Crippen molar-refractivity contribution in [3.63, 3.8) is 0 Å². The van der Waals surface area contributed by atoms with Crippen LogP contribution in [0.25, 0.3) is 10.8 Å². The smallest absolute Gasteiger partial charge is 0.257 e. The first-order chi connectivity index (χ1) is 7.24. The molecule has 4 nitrogen and oxygen atoms in total. The Morgan fingerprint density at radius 3 is 2.80 bits per heavy atom. The largest absolute Gasteiger partial charge is 0.417 e.